The lowest BCUT2D eigenvalue weighted by atomic mass is 10.1. The van der Waals surface area contributed by atoms with E-state index in [-0.39, 0.29) is 5.82 Å². The largest absolute Gasteiger partial charge is 0.387 e. The highest BCUT2D eigenvalue weighted by Gasteiger charge is 2.08. The molecule has 0 spiro atoms. The fourth-order valence-corrected chi connectivity index (χ4v) is 2.53. The van der Waals surface area contributed by atoms with Crippen LogP contribution in [0.25, 0.3) is 5.69 Å². The molecule has 0 aliphatic rings. The second kappa shape index (κ2) is 7.38. The van der Waals surface area contributed by atoms with E-state index in [9.17, 15) is 9.50 Å². The molecule has 1 atom stereocenters. The van der Waals surface area contributed by atoms with Crippen LogP contribution in [0.4, 0.5) is 4.39 Å². The fraction of sp³-hybridized carbons (Fsp3) is 0.211. The zero-order chi connectivity index (χ0) is 16.9. The summed E-state index contributed by atoms with van der Waals surface area (Å²) in [6.07, 6.45) is 4.30. The molecule has 3 aromatic rings. The first kappa shape index (κ1) is 16.4. The van der Waals surface area contributed by atoms with Gasteiger partial charge >= 0.3 is 0 Å². The van der Waals surface area contributed by atoms with Crippen LogP contribution in [0.2, 0.25) is 0 Å². The van der Waals surface area contributed by atoms with E-state index in [2.05, 4.69) is 10.3 Å². The zero-order valence-corrected chi connectivity index (χ0v) is 13.5. The van der Waals surface area contributed by atoms with Crippen molar-refractivity contribution in [3.05, 3.63) is 83.7 Å². The molecule has 1 heterocycles. The van der Waals surface area contributed by atoms with E-state index in [0.717, 1.165) is 16.7 Å². The average Bonchev–Trinajstić information content (AvgIpc) is 3.10. The van der Waals surface area contributed by atoms with Crippen molar-refractivity contribution < 1.29 is 9.50 Å². The van der Waals surface area contributed by atoms with E-state index < -0.39 is 6.10 Å². The van der Waals surface area contributed by atoms with Crippen molar-refractivity contribution in [2.75, 3.05) is 6.54 Å². The van der Waals surface area contributed by atoms with Gasteiger partial charge in [0.2, 0.25) is 0 Å². The third-order valence-corrected chi connectivity index (χ3v) is 3.92. The first-order valence-electron chi connectivity index (χ1n) is 7.85. The van der Waals surface area contributed by atoms with E-state index in [0.29, 0.717) is 18.8 Å². The highest BCUT2D eigenvalue weighted by molar-refractivity contribution is 5.36. The van der Waals surface area contributed by atoms with Crippen LogP contribution < -0.4 is 5.32 Å². The van der Waals surface area contributed by atoms with Crippen LogP contribution in [0.15, 0.2) is 61.2 Å². The molecule has 0 radical (unpaired) electrons. The molecule has 0 bridgehead atoms. The van der Waals surface area contributed by atoms with E-state index in [1.165, 1.54) is 6.07 Å². The third kappa shape index (κ3) is 3.88. The standard InChI is InChI=1S/C19H20FN3O/c1-14-2-5-16(6-3-14)19(24)12-22-11-15-4-7-18(17(20)10-15)23-9-8-21-13-23/h2-10,13,19,22,24H,11-12H2,1H3. The van der Waals surface area contributed by atoms with Gasteiger partial charge in [-0.25, -0.2) is 9.37 Å². The second-order valence-corrected chi connectivity index (χ2v) is 5.81. The molecule has 1 unspecified atom stereocenters. The minimum absolute atomic E-state index is 0.300. The molecule has 0 saturated carbocycles. The molecule has 0 fully saturated rings. The second-order valence-electron chi connectivity index (χ2n) is 5.81. The van der Waals surface area contributed by atoms with Gasteiger partial charge < -0.3 is 15.0 Å². The Morgan fingerprint density at radius 2 is 2.00 bits per heavy atom. The lowest BCUT2D eigenvalue weighted by Crippen LogP contribution is -2.21. The predicted molar refractivity (Wildman–Crippen MR) is 91.4 cm³/mol. The highest BCUT2D eigenvalue weighted by atomic mass is 19.1. The quantitative estimate of drug-likeness (QED) is 0.732. The smallest absolute Gasteiger partial charge is 0.147 e. The number of halogens is 1. The maximum Gasteiger partial charge on any atom is 0.147 e. The molecule has 2 N–H and O–H groups in total. The van der Waals surface area contributed by atoms with Crippen LogP contribution in [-0.2, 0) is 6.54 Å². The number of aryl methyl sites for hydroxylation is 1. The summed E-state index contributed by atoms with van der Waals surface area (Å²) in [6.45, 7) is 2.91. The SMILES string of the molecule is Cc1ccc(C(O)CNCc2ccc(-n3ccnc3)c(F)c2)cc1. The van der Waals surface area contributed by atoms with Crippen LogP contribution in [0.5, 0.6) is 0 Å². The summed E-state index contributed by atoms with van der Waals surface area (Å²) in [7, 11) is 0. The summed E-state index contributed by atoms with van der Waals surface area (Å²) in [5.41, 5.74) is 3.32. The molecule has 4 nitrogen and oxygen atoms in total. The summed E-state index contributed by atoms with van der Waals surface area (Å²) >= 11 is 0. The van der Waals surface area contributed by atoms with E-state index >= 15 is 0 Å². The van der Waals surface area contributed by atoms with Crippen molar-refractivity contribution in [1.29, 1.82) is 0 Å². The van der Waals surface area contributed by atoms with Crippen molar-refractivity contribution in [3.8, 4) is 5.69 Å². The Morgan fingerprint density at radius 1 is 1.21 bits per heavy atom. The van der Waals surface area contributed by atoms with Gasteiger partial charge in [0.15, 0.2) is 0 Å². The van der Waals surface area contributed by atoms with E-state index in [1.54, 1.807) is 29.4 Å². The summed E-state index contributed by atoms with van der Waals surface area (Å²) in [5, 5.41) is 13.3. The molecule has 0 amide bonds. The van der Waals surface area contributed by atoms with Crippen LogP contribution in [-0.4, -0.2) is 21.2 Å². The van der Waals surface area contributed by atoms with Gasteiger partial charge in [0, 0.05) is 25.5 Å². The normalized spacial score (nSPS) is 12.3. The maximum atomic E-state index is 14.2. The number of nitrogens with one attached hydrogen (secondary N) is 1. The van der Waals surface area contributed by atoms with Gasteiger partial charge in [0.05, 0.1) is 18.1 Å². The lowest BCUT2D eigenvalue weighted by Gasteiger charge is -2.13. The summed E-state index contributed by atoms with van der Waals surface area (Å²) in [4.78, 5) is 3.92. The van der Waals surface area contributed by atoms with E-state index in [1.807, 2.05) is 37.3 Å². The number of hydrogen-bond donors (Lipinski definition) is 2. The molecule has 1 aromatic heterocycles. The Morgan fingerprint density at radius 3 is 2.67 bits per heavy atom. The van der Waals surface area contributed by atoms with Gasteiger partial charge in [-0.1, -0.05) is 35.9 Å². The molecule has 2 aromatic carbocycles. The maximum absolute atomic E-state index is 14.2. The van der Waals surface area contributed by atoms with Crippen molar-refractivity contribution in [2.45, 2.75) is 19.6 Å². The number of aliphatic hydroxyl groups excluding tert-OH is 1. The number of aromatic nitrogens is 2. The molecule has 124 valence electrons. The number of benzene rings is 2. The van der Waals surface area contributed by atoms with Crippen molar-refractivity contribution in [1.82, 2.24) is 14.9 Å². The van der Waals surface area contributed by atoms with Gasteiger partial charge in [0.1, 0.15) is 5.82 Å². The highest BCUT2D eigenvalue weighted by Crippen LogP contribution is 2.16. The van der Waals surface area contributed by atoms with Crippen molar-refractivity contribution >= 4 is 0 Å². The van der Waals surface area contributed by atoms with Crippen molar-refractivity contribution in [2.24, 2.45) is 0 Å². The third-order valence-electron chi connectivity index (χ3n) is 3.92. The topological polar surface area (TPSA) is 50.1 Å². The number of nitrogens with zero attached hydrogens (tertiary/aromatic N) is 2. The minimum atomic E-state index is -0.583. The van der Waals surface area contributed by atoms with Gasteiger partial charge in [0.25, 0.3) is 0 Å². The molecule has 5 heteroatoms. The molecular formula is C19H20FN3O. The Balaban J connectivity index is 1.57. The fourth-order valence-electron chi connectivity index (χ4n) is 2.53. The zero-order valence-electron chi connectivity index (χ0n) is 13.5. The summed E-state index contributed by atoms with van der Waals surface area (Å²) in [5.74, 6) is -0.300. The Labute approximate surface area is 140 Å². The first-order valence-corrected chi connectivity index (χ1v) is 7.85. The molecule has 0 saturated heterocycles. The van der Waals surface area contributed by atoms with Crippen LogP contribution >= 0.6 is 0 Å². The molecule has 24 heavy (non-hydrogen) atoms. The number of aliphatic hydroxyl groups is 1. The monoisotopic (exact) mass is 325 g/mol. The Hall–Kier alpha value is -2.50. The Bertz CT molecular complexity index is 785. The van der Waals surface area contributed by atoms with Gasteiger partial charge in [-0.2, -0.15) is 0 Å². The van der Waals surface area contributed by atoms with Gasteiger partial charge in [-0.05, 0) is 30.2 Å². The van der Waals surface area contributed by atoms with E-state index in [4.69, 9.17) is 0 Å². The predicted octanol–water partition coefficient (Wildman–Crippen LogP) is 3.14. The molecule has 3 rings (SSSR count). The van der Waals surface area contributed by atoms with Crippen molar-refractivity contribution in [3.63, 3.8) is 0 Å². The molecule has 0 aliphatic carbocycles. The Kier molecular flexibility index (Phi) is 5.03. The molecular weight excluding hydrogens is 305 g/mol. The van der Waals surface area contributed by atoms with Gasteiger partial charge in [-0.15, -0.1) is 0 Å². The minimum Gasteiger partial charge on any atom is -0.387 e. The van der Waals surface area contributed by atoms with Crippen LogP contribution in [0, 0.1) is 12.7 Å². The van der Waals surface area contributed by atoms with Crippen LogP contribution in [0.1, 0.15) is 22.8 Å². The number of hydrogen-bond acceptors (Lipinski definition) is 3. The summed E-state index contributed by atoms with van der Waals surface area (Å²) in [6, 6.07) is 12.9. The van der Waals surface area contributed by atoms with Gasteiger partial charge in [-0.3, -0.25) is 0 Å². The lowest BCUT2D eigenvalue weighted by molar-refractivity contribution is 0.174. The molecule has 0 aliphatic heterocycles. The number of imidazole rings is 1. The first-order chi connectivity index (χ1) is 11.6. The van der Waals surface area contributed by atoms with Crippen LogP contribution in [0.3, 0.4) is 0 Å². The number of rotatable bonds is 6. The summed E-state index contributed by atoms with van der Waals surface area (Å²) < 4.78 is 15.8. The average molecular weight is 325 g/mol.